The van der Waals surface area contributed by atoms with Gasteiger partial charge in [-0.15, -0.1) is 0 Å². The molecule has 0 spiro atoms. The summed E-state index contributed by atoms with van der Waals surface area (Å²) in [4.78, 5) is 12.7. The molecule has 0 aromatic heterocycles. The van der Waals surface area contributed by atoms with E-state index >= 15 is 0 Å². The van der Waals surface area contributed by atoms with Crippen molar-refractivity contribution in [3.8, 4) is 0 Å². The Bertz CT molecular complexity index is 295. The first-order valence-electron chi connectivity index (χ1n) is 4.96. The molecule has 6 heteroatoms. The van der Waals surface area contributed by atoms with Gasteiger partial charge in [-0.2, -0.15) is 0 Å². The molecule has 1 N–H and O–H groups in total. The molecule has 0 heterocycles. The van der Waals surface area contributed by atoms with Gasteiger partial charge < -0.3 is 5.11 Å². The molecule has 15 heavy (non-hydrogen) atoms. The molecule has 0 aliphatic heterocycles. The van der Waals surface area contributed by atoms with Gasteiger partial charge in [0.15, 0.2) is 0 Å². The van der Waals surface area contributed by atoms with Crippen molar-refractivity contribution < 1.29 is 18.3 Å². The van der Waals surface area contributed by atoms with E-state index in [-0.39, 0.29) is 12.2 Å². The van der Waals surface area contributed by atoms with Crippen LogP contribution in [0.1, 0.15) is 20.3 Å². The smallest absolute Gasteiger partial charge is 0.320 e. The number of sulfone groups is 1. The molecule has 0 aromatic carbocycles. The van der Waals surface area contributed by atoms with Gasteiger partial charge in [-0.25, -0.2) is 8.42 Å². The molecule has 0 aliphatic carbocycles. The van der Waals surface area contributed by atoms with Crippen LogP contribution < -0.4 is 0 Å². The van der Waals surface area contributed by atoms with Gasteiger partial charge in [0.2, 0.25) is 0 Å². The van der Waals surface area contributed by atoms with Crippen LogP contribution in [0.5, 0.6) is 0 Å². The predicted molar refractivity (Wildman–Crippen MR) is 58.7 cm³/mol. The average molecular weight is 237 g/mol. The molecule has 0 bridgehead atoms. The number of hydrogen-bond acceptors (Lipinski definition) is 4. The van der Waals surface area contributed by atoms with Crippen LogP contribution >= 0.6 is 0 Å². The van der Waals surface area contributed by atoms with Gasteiger partial charge in [0, 0.05) is 6.26 Å². The van der Waals surface area contributed by atoms with Crippen LogP contribution in [0.2, 0.25) is 0 Å². The van der Waals surface area contributed by atoms with Crippen molar-refractivity contribution in [3.05, 3.63) is 0 Å². The lowest BCUT2D eigenvalue weighted by Crippen LogP contribution is -2.42. The van der Waals surface area contributed by atoms with Gasteiger partial charge in [-0.1, -0.05) is 13.8 Å². The summed E-state index contributed by atoms with van der Waals surface area (Å²) < 4.78 is 21.9. The molecule has 0 aromatic rings. The zero-order valence-corrected chi connectivity index (χ0v) is 10.2. The first-order valence-corrected chi connectivity index (χ1v) is 7.02. The maximum Gasteiger partial charge on any atom is 0.320 e. The van der Waals surface area contributed by atoms with Crippen LogP contribution in [0.3, 0.4) is 0 Å². The highest BCUT2D eigenvalue weighted by molar-refractivity contribution is 7.90. The SMILES string of the molecule is CCN(CC)C(CCS(C)(=O)=O)C(=O)O. The molecule has 1 atom stereocenters. The second kappa shape index (κ2) is 6.07. The molecule has 0 aliphatic rings. The van der Waals surface area contributed by atoms with Crippen LogP contribution in [-0.2, 0) is 14.6 Å². The summed E-state index contributed by atoms with van der Waals surface area (Å²) in [5, 5.41) is 8.97. The lowest BCUT2D eigenvalue weighted by atomic mass is 10.2. The van der Waals surface area contributed by atoms with Gasteiger partial charge in [0.1, 0.15) is 15.9 Å². The van der Waals surface area contributed by atoms with E-state index in [2.05, 4.69) is 0 Å². The molecular weight excluding hydrogens is 218 g/mol. The fourth-order valence-electron chi connectivity index (χ4n) is 1.45. The number of carboxylic acid groups (broad SMARTS) is 1. The quantitative estimate of drug-likeness (QED) is 0.685. The molecule has 0 saturated heterocycles. The second-order valence-corrected chi connectivity index (χ2v) is 5.75. The minimum atomic E-state index is -3.09. The van der Waals surface area contributed by atoms with E-state index in [0.717, 1.165) is 6.26 Å². The first kappa shape index (κ1) is 14.4. The van der Waals surface area contributed by atoms with Crippen molar-refractivity contribution in [2.24, 2.45) is 0 Å². The molecule has 1 unspecified atom stereocenters. The molecule has 0 fully saturated rings. The molecule has 90 valence electrons. The largest absolute Gasteiger partial charge is 0.480 e. The highest BCUT2D eigenvalue weighted by Crippen LogP contribution is 2.06. The number of hydrogen-bond donors (Lipinski definition) is 1. The molecule has 0 amide bonds. The van der Waals surface area contributed by atoms with E-state index in [1.807, 2.05) is 13.8 Å². The molecule has 0 saturated carbocycles. The van der Waals surface area contributed by atoms with Crippen LogP contribution in [-0.4, -0.2) is 55.5 Å². The summed E-state index contributed by atoms with van der Waals surface area (Å²) in [6, 6.07) is -0.699. The van der Waals surface area contributed by atoms with Gasteiger partial charge in [-0.3, -0.25) is 9.69 Å². The lowest BCUT2D eigenvalue weighted by molar-refractivity contribution is -0.143. The number of aliphatic carboxylic acids is 1. The molecular formula is C9H19NO4S. The maximum atomic E-state index is 10.9. The number of carboxylic acids is 1. The zero-order valence-electron chi connectivity index (χ0n) is 9.43. The standard InChI is InChI=1S/C9H19NO4S/c1-4-10(5-2)8(9(11)12)6-7-15(3,13)14/h8H,4-7H2,1-3H3,(H,11,12). The van der Waals surface area contributed by atoms with Crippen molar-refractivity contribution in [1.82, 2.24) is 4.90 Å². The normalized spacial score (nSPS) is 14.1. The van der Waals surface area contributed by atoms with Crippen LogP contribution in [0, 0.1) is 0 Å². The van der Waals surface area contributed by atoms with Crippen LogP contribution in [0.25, 0.3) is 0 Å². The highest BCUT2D eigenvalue weighted by atomic mass is 32.2. The predicted octanol–water partition coefficient (Wildman–Crippen LogP) is 0.216. The highest BCUT2D eigenvalue weighted by Gasteiger charge is 2.24. The fraction of sp³-hybridized carbons (Fsp3) is 0.889. The van der Waals surface area contributed by atoms with E-state index in [0.29, 0.717) is 13.1 Å². The Labute approximate surface area is 91.0 Å². The van der Waals surface area contributed by atoms with E-state index in [1.54, 1.807) is 4.90 Å². The Morgan fingerprint density at radius 3 is 2.07 bits per heavy atom. The van der Waals surface area contributed by atoms with E-state index in [4.69, 9.17) is 5.11 Å². The monoisotopic (exact) mass is 237 g/mol. The maximum absolute atomic E-state index is 10.9. The van der Waals surface area contributed by atoms with Gasteiger partial charge in [-0.05, 0) is 19.5 Å². The second-order valence-electron chi connectivity index (χ2n) is 3.49. The summed E-state index contributed by atoms with van der Waals surface area (Å²) in [5.41, 5.74) is 0. The minimum absolute atomic E-state index is 0.0829. The summed E-state index contributed by atoms with van der Waals surface area (Å²) in [6.07, 6.45) is 1.27. The molecule has 0 radical (unpaired) electrons. The van der Waals surface area contributed by atoms with Crippen LogP contribution in [0.15, 0.2) is 0 Å². The Morgan fingerprint density at radius 1 is 1.33 bits per heavy atom. The number of likely N-dealkylation sites (N-methyl/N-ethyl adjacent to an activating group) is 1. The first-order chi connectivity index (χ1) is 6.81. The van der Waals surface area contributed by atoms with Crippen LogP contribution in [0.4, 0.5) is 0 Å². The third-order valence-electron chi connectivity index (χ3n) is 2.30. The molecule has 0 rings (SSSR count). The Balaban J connectivity index is 4.47. The van der Waals surface area contributed by atoms with Crippen molar-refractivity contribution in [2.45, 2.75) is 26.3 Å². The summed E-state index contributed by atoms with van der Waals surface area (Å²) >= 11 is 0. The van der Waals surface area contributed by atoms with Crippen molar-refractivity contribution in [3.63, 3.8) is 0 Å². The molecule has 5 nitrogen and oxygen atoms in total. The minimum Gasteiger partial charge on any atom is -0.480 e. The van der Waals surface area contributed by atoms with E-state index in [1.165, 1.54) is 0 Å². The number of carbonyl (C=O) groups is 1. The van der Waals surface area contributed by atoms with Gasteiger partial charge in [0.25, 0.3) is 0 Å². The zero-order chi connectivity index (χ0) is 12.1. The average Bonchev–Trinajstić information content (AvgIpc) is 2.09. The topological polar surface area (TPSA) is 74.7 Å². The Hall–Kier alpha value is -0.620. The Kier molecular flexibility index (Phi) is 5.82. The van der Waals surface area contributed by atoms with Gasteiger partial charge >= 0.3 is 5.97 Å². The van der Waals surface area contributed by atoms with Gasteiger partial charge in [0.05, 0.1) is 5.75 Å². The van der Waals surface area contributed by atoms with Crippen molar-refractivity contribution in [2.75, 3.05) is 25.1 Å². The third-order valence-corrected chi connectivity index (χ3v) is 3.28. The summed E-state index contributed by atoms with van der Waals surface area (Å²) in [7, 11) is -3.09. The van der Waals surface area contributed by atoms with E-state index in [9.17, 15) is 13.2 Å². The fourth-order valence-corrected chi connectivity index (χ4v) is 2.10. The number of nitrogens with zero attached hydrogens (tertiary/aromatic N) is 1. The Morgan fingerprint density at radius 2 is 1.80 bits per heavy atom. The van der Waals surface area contributed by atoms with Crippen molar-refractivity contribution in [1.29, 1.82) is 0 Å². The van der Waals surface area contributed by atoms with Crippen molar-refractivity contribution >= 4 is 15.8 Å². The number of rotatable bonds is 7. The summed E-state index contributed by atoms with van der Waals surface area (Å²) in [6.45, 7) is 4.94. The summed E-state index contributed by atoms with van der Waals surface area (Å²) in [5.74, 6) is -1.04. The lowest BCUT2D eigenvalue weighted by Gasteiger charge is -2.25. The van der Waals surface area contributed by atoms with E-state index < -0.39 is 21.8 Å². The third kappa shape index (κ3) is 5.74.